The molecule has 8 nitrogen and oxygen atoms in total. The molecule has 3 atom stereocenters. The highest BCUT2D eigenvalue weighted by Gasteiger charge is 2.23. The number of unbranched alkanes of at least 4 members (excludes halogenated alkanes) is 36. The molecular formula is C67H125N2O6P. The van der Waals surface area contributed by atoms with Gasteiger partial charge in [0.2, 0.25) is 5.91 Å². The zero-order valence-corrected chi connectivity index (χ0v) is 51.6. The lowest BCUT2D eigenvalue weighted by Crippen LogP contribution is -2.45. The van der Waals surface area contributed by atoms with E-state index in [1.807, 2.05) is 27.2 Å². The van der Waals surface area contributed by atoms with Crippen LogP contribution >= 0.6 is 7.82 Å². The van der Waals surface area contributed by atoms with E-state index in [4.69, 9.17) is 9.05 Å². The third-order valence-electron chi connectivity index (χ3n) is 14.4. The van der Waals surface area contributed by atoms with E-state index in [9.17, 15) is 19.4 Å². The van der Waals surface area contributed by atoms with Crippen LogP contribution in [0.2, 0.25) is 0 Å². The van der Waals surface area contributed by atoms with E-state index in [0.29, 0.717) is 17.4 Å². The van der Waals surface area contributed by atoms with Gasteiger partial charge >= 0.3 is 0 Å². The van der Waals surface area contributed by atoms with Crippen molar-refractivity contribution in [3.05, 3.63) is 72.9 Å². The summed E-state index contributed by atoms with van der Waals surface area (Å²) in [5.74, 6) is -0.212. The van der Waals surface area contributed by atoms with Crippen LogP contribution in [0.4, 0.5) is 0 Å². The smallest absolute Gasteiger partial charge is 0.268 e. The lowest BCUT2D eigenvalue weighted by Gasteiger charge is -2.29. The van der Waals surface area contributed by atoms with Crippen LogP contribution in [-0.2, 0) is 18.4 Å². The first kappa shape index (κ1) is 73.9. The summed E-state index contributed by atoms with van der Waals surface area (Å²) in [6.45, 7) is 4.64. The minimum Gasteiger partial charge on any atom is -0.756 e. The van der Waals surface area contributed by atoms with Gasteiger partial charge in [0, 0.05) is 6.42 Å². The van der Waals surface area contributed by atoms with Crippen LogP contribution in [0.25, 0.3) is 0 Å². The van der Waals surface area contributed by atoms with E-state index in [0.717, 1.165) is 57.8 Å². The van der Waals surface area contributed by atoms with Gasteiger partial charge in [0.1, 0.15) is 13.2 Å². The molecule has 1 amide bonds. The number of phosphoric ester groups is 1. The molecule has 444 valence electrons. The number of allylic oxidation sites excluding steroid dienone is 11. The molecule has 0 rings (SSSR count). The van der Waals surface area contributed by atoms with E-state index in [1.165, 1.54) is 218 Å². The lowest BCUT2D eigenvalue weighted by molar-refractivity contribution is -0.870. The number of rotatable bonds is 59. The Kier molecular flexibility index (Phi) is 56.1. The molecule has 0 saturated heterocycles. The average Bonchev–Trinajstić information content (AvgIpc) is 3.38. The van der Waals surface area contributed by atoms with Gasteiger partial charge in [0.05, 0.1) is 39.9 Å². The van der Waals surface area contributed by atoms with Gasteiger partial charge in [-0.2, -0.15) is 0 Å². The first-order valence-electron chi connectivity index (χ1n) is 32.3. The lowest BCUT2D eigenvalue weighted by atomic mass is 10.0. The fourth-order valence-corrected chi connectivity index (χ4v) is 10.0. The molecule has 0 radical (unpaired) electrons. The highest BCUT2D eigenvalue weighted by Crippen LogP contribution is 2.38. The molecular weight excluding hydrogens is 960 g/mol. The summed E-state index contributed by atoms with van der Waals surface area (Å²) in [5, 5.41) is 13.9. The maximum Gasteiger partial charge on any atom is 0.268 e. The molecule has 0 heterocycles. The largest absolute Gasteiger partial charge is 0.756 e. The molecule has 0 spiro atoms. The molecule has 0 aromatic rings. The number of amides is 1. The molecule has 0 aromatic heterocycles. The molecule has 76 heavy (non-hydrogen) atoms. The standard InChI is InChI=1S/C67H125N2O6P/c1-6-8-10-12-14-16-18-20-22-24-26-28-30-32-34-36-38-40-42-44-46-48-50-52-54-56-58-60-66(70)65(64-75-76(72,73)74-63-62-69(3,4)5)68-67(71)61-59-57-55-53-51-49-47-45-43-41-39-37-35-33-31-29-27-25-23-21-19-17-15-13-11-9-7-2/h19,21,25,27,31,33,42,44,50,52,58,60,65-66,70H,6-18,20,22-24,26,28-30,32,34-41,43,45-49,51,53-57,59,61-64H2,1-5H3,(H-,68,71,72,73)/b21-19-,27-25-,33-31-,44-42+,52-50+,60-58+. The fraction of sp³-hybridized carbons (Fsp3) is 0.806. The third kappa shape index (κ3) is 59.6. The number of hydrogen-bond donors (Lipinski definition) is 2. The maximum absolute atomic E-state index is 13.0. The van der Waals surface area contributed by atoms with Gasteiger partial charge in [-0.25, -0.2) is 0 Å². The highest BCUT2D eigenvalue weighted by molar-refractivity contribution is 7.45. The number of carbonyl (C=O) groups is 1. The number of quaternary nitrogens is 1. The monoisotopic (exact) mass is 1080 g/mol. The average molecular weight is 1090 g/mol. The summed E-state index contributed by atoms with van der Waals surface area (Å²) in [7, 11) is 1.23. The number of hydrogen-bond acceptors (Lipinski definition) is 6. The van der Waals surface area contributed by atoms with Gasteiger partial charge in [0.15, 0.2) is 0 Å². The number of carbonyl (C=O) groups excluding carboxylic acids is 1. The van der Waals surface area contributed by atoms with E-state index >= 15 is 0 Å². The van der Waals surface area contributed by atoms with Crippen LogP contribution in [0, 0.1) is 0 Å². The number of aliphatic hydroxyl groups excluding tert-OH is 1. The van der Waals surface area contributed by atoms with Crippen molar-refractivity contribution in [2.24, 2.45) is 0 Å². The summed E-state index contributed by atoms with van der Waals surface area (Å²) in [4.78, 5) is 25.6. The third-order valence-corrected chi connectivity index (χ3v) is 15.3. The molecule has 0 bridgehead atoms. The number of nitrogens with one attached hydrogen (secondary N) is 1. The van der Waals surface area contributed by atoms with Gasteiger partial charge in [-0.05, 0) is 83.5 Å². The Morgan fingerprint density at radius 2 is 0.776 bits per heavy atom. The second-order valence-corrected chi connectivity index (χ2v) is 24.5. The number of phosphoric acid groups is 1. The quantitative estimate of drug-likeness (QED) is 0.0272. The Labute approximate surface area is 472 Å². The first-order chi connectivity index (χ1) is 37.0. The molecule has 0 aromatic carbocycles. The predicted molar refractivity (Wildman–Crippen MR) is 330 cm³/mol. The fourth-order valence-electron chi connectivity index (χ4n) is 9.31. The summed E-state index contributed by atoms with van der Waals surface area (Å²) in [5.41, 5.74) is 0. The summed E-state index contributed by atoms with van der Waals surface area (Å²) in [6.07, 6.45) is 80.0. The topological polar surface area (TPSA) is 108 Å². The molecule has 9 heteroatoms. The second kappa shape index (κ2) is 57.6. The molecule has 0 aliphatic carbocycles. The Balaban J connectivity index is 4.22. The van der Waals surface area contributed by atoms with Crippen LogP contribution in [-0.4, -0.2) is 68.5 Å². The summed E-state index contributed by atoms with van der Waals surface area (Å²) >= 11 is 0. The van der Waals surface area contributed by atoms with Crippen LogP contribution in [0.1, 0.15) is 296 Å². The second-order valence-electron chi connectivity index (χ2n) is 23.1. The van der Waals surface area contributed by atoms with Crippen molar-refractivity contribution >= 4 is 13.7 Å². The van der Waals surface area contributed by atoms with Gasteiger partial charge in [-0.1, -0.05) is 279 Å². The van der Waals surface area contributed by atoms with Crippen molar-refractivity contribution in [2.45, 2.75) is 309 Å². The van der Waals surface area contributed by atoms with Gasteiger partial charge in [-0.15, -0.1) is 0 Å². The van der Waals surface area contributed by atoms with Crippen molar-refractivity contribution in [3.8, 4) is 0 Å². The molecule has 0 saturated carbocycles. The zero-order valence-electron chi connectivity index (χ0n) is 50.7. The Morgan fingerprint density at radius 3 is 1.16 bits per heavy atom. The van der Waals surface area contributed by atoms with Crippen molar-refractivity contribution < 1.29 is 32.9 Å². The van der Waals surface area contributed by atoms with E-state index in [2.05, 4.69) is 79.9 Å². The van der Waals surface area contributed by atoms with Gasteiger partial charge in [0.25, 0.3) is 7.82 Å². The van der Waals surface area contributed by atoms with Crippen molar-refractivity contribution in [1.29, 1.82) is 0 Å². The SMILES string of the molecule is CCCCCCC/C=C\C/C=C\C/C=C\CCCCCCCCCCCCCCC(=O)NC(COP(=O)([O-])OCC[N+](C)(C)C)C(O)/C=C/CC/C=C/CC/C=C/CCCCCCCCCCCCCCCCCCC. The van der Waals surface area contributed by atoms with Gasteiger partial charge < -0.3 is 28.8 Å². The first-order valence-corrected chi connectivity index (χ1v) is 33.8. The summed E-state index contributed by atoms with van der Waals surface area (Å²) < 4.78 is 23.4. The molecule has 3 unspecified atom stereocenters. The van der Waals surface area contributed by atoms with Crippen LogP contribution in [0.15, 0.2) is 72.9 Å². The number of likely N-dealkylation sites (N-methyl/N-ethyl adjacent to an activating group) is 1. The van der Waals surface area contributed by atoms with Crippen molar-refractivity contribution in [3.63, 3.8) is 0 Å². The Bertz CT molecular complexity index is 1470. The van der Waals surface area contributed by atoms with Crippen LogP contribution < -0.4 is 10.2 Å². The highest BCUT2D eigenvalue weighted by atomic mass is 31.2. The van der Waals surface area contributed by atoms with E-state index in [1.54, 1.807) is 6.08 Å². The molecule has 2 N–H and O–H groups in total. The predicted octanol–water partition coefficient (Wildman–Crippen LogP) is 19.6. The van der Waals surface area contributed by atoms with Crippen LogP contribution in [0.3, 0.4) is 0 Å². The van der Waals surface area contributed by atoms with Crippen LogP contribution in [0.5, 0.6) is 0 Å². The summed E-state index contributed by atoms with van der Waals surface area (Å²) in [6, 6.07) is -0.916. The van der Waals surface area contributed by atoms with E-state index in [-0.39, 0.29) is 12.5 Å². The van der Waals surface area contributed by atoms with Crippen molar-refractivity contribution in [1.82, 2.24) is 5.32 Å². The van der Waals surface area contributed by atoms with Crippen molar-refractivity contribution in [2.75, 3.05) is 40.9 Å². The van der Waals surface area contributed by atoms with E-state index < -0.39 is 26.6 Å². The minimum absolute atomic E-state index is 0.0115. The molecule has 0 fully saturated rings. The number of aliphatic hydroxyl groups is 1. The Morgan fingerprint density at radius 1 is 0.461 bits per heavy atom. The molecule has 0 aliphatic heterocycles. The molecule has 0 aliphatic rings. The normalized spacial score (nSPS) is 14.2. The maximum atomic E-state index is 13.0. The minimum atomic E-state index is -4.62. The number of nitrogens with zero attached hydrogens (tertiary/aromatic N) is 1. The van der Waals surface area contributed by atoms with Gasteiger partial charge in [-0.3, -0.25) is 9.36 Å². The zero-order chi connectivity index (χ0) is 55.6. The Hall–Kier alpha value is -2.06.